The molecule has 40 heavy (non-hydrogen) atoms. The Balaban J connectivity index is 1.42. The highest BCUT2D eigenvalue weighted by Gasteiger charge is 2.22. The summed E-state index contributed by atoms with van der Waals surface area (Å²) >= 11 is 1.36. The number of Topliss-reactive ketones (excluding diaryl/α,β-unsaturated/α-hetero) is 1. The molecule has 5 heterocycles. The zero-order valence-electron chi connectivity index (χ0n) is 22.1. The molecule has 0 atom stereocenters. The van der Waals surface area contributed by atoms with Crippen LogP contribution in [0.2, 0.25) is 0 Å². The van der Waals surface area contributed by atoms with E-state index in [1.807, 2.05) is 32.9 Å². The quantitative estimate of drug-likeness (QED) is 0.206. The molecular weight excluding hydrogens is 529 g/mol. The minimum Gasteiger partial charge on any atom is -0.336 e. The first kappa shape index (κ1) is 25.5. The van der Waals surface area contributed by atoms with Crippen molar-refractivity contribution < 1.29 is 14.0 Å². The van der Waals surface area contributed by atoms with Crippen LogP contribution in [0.1, 0.15) is 37.4 Å². The number of hydrogen-bond donors (Lipinski definition) is 3. The smallest absolute Gasteiger partial charge is 0.229 e. The average Bonchev–Trinajstić information content (AvgIpc) is 3.65. The Bertz CT molecular complexity index is 1950. The standard InChI is InChI=1S/C29H24FN7O2S/c1-14(38)22-5-6-23(40-22)26-25-20(7-8-32-26)34-27(35-25)24-18-10-17(19(30)11-21(18)36-37-24)15-9-16(13-31-12-15)33-28(39)29(2,3)4/h5-13H,1-4H3,(H,33,39)(H,34,35)(H,36,37). The molecule has 0 aliphatic heterocycles. The molecule has 11 heteroatoms. The molecule has 3 N–H and O–H groups in total. The number of carbonyl (C=O) groups excluding carboxylic acids is 2. The van der Waals surface area contributed by atoms with Gasteiger partial charge in [-0.1, -0.05) is 20.8 Å². The second-order valence-corrected chi connectivity index (χ2v) is 11.6. The molecule has 0 aliphatic rings. The molecule has 6 rings (SSSR count). The molecule has 0 fully saturated rings. The zero-order valence-corrected chi connectivity index (χ0v) is 22.9. The minimum atomic E-state index is -0.590. The number of amides is 1. The van der Waals surface area contributed by atoms with E-state index in [1.165, 1.54) is 30.5 Å². The van der Waals surface area contributed by atoms with Crippen LogP contribution in [0, 0.1) is 11.2 Å². The molecule has 6 aromatic rings. The van der Waals surface area contributed by atoms with Crippen LogP contribution in [0.5, 0.6) is 0 Å². The number of aromatic amines is 2. The van der Waals surface area contributed by atoms with Crippen LogP contribution in [0.25, 0.3) is 55.2 Å². The largest absolute Gasteiger partial charge is 0.336 e. The van der Waals surface area contributed by atoms with Crippen molar-refractivity contribution in [3.63, 3.8) is 0 Å². The summed E-state index contributed by atoms with van der Waals surface area (Å²) in [7, 11) is 0. The lowest BCUT2D eigenvalue weighted by Gasteiger charge is -2.17. The summed E-state index contributed by atoms with van der Waals surface area (Å²) in [5.41, 5.74) is 3.77. The highest BCUT2D eigenvalue weighted by Crippen LogP contribution is 2.35. The molecule has 0 radical (unpaired) electrons. The number of ketones is 1. The number of aromatic nitrogens is 6. The third-order valence-electron chi connectivity index (χ3n) is 6.45. The number of rotatable bonds is 5. The Hall–Kier alpha value is -4.77. The molecule has 9 nitrogen and oxygen atoms in total. The molecule has 1 aromatic carbocycles. The van der Waals surface area contributed by atoms with E-state index in [9.17, 15) is 9.59 Å². The highest BCUT2D eigenvalue weighted by molar-refractivity contribution is 7.17. The SMILES string of the molecule is CC(=O)c1ccc(-c2nccc3[nH]c(-c4n[nH]c5cc(F)c(-c6cncc(NC(=O)C(C)(C)C)c6)cc45)nc23)s1. The monoisotopic (exact) mass is 553 g/mol. The van der Waals surface area contributed by atoms with E-state index in [4.69, 9.17) is 4.98 Å². The van der Waals surface area contributed by atoms with E-state index < -0.39 is 11.2 Å². The van der Waals surface area contributed by atoms with E-state index in [1.54, 1.807) is 30.6 Å². The van der Waals surface area contributed by atoms with Gasteiger partial charge >= 0.3 is 0 Å². The molecule has 200 valence electrons. The van der Waals surface area contributed by atoms with Gasteiger partial charge in [-0.25, -0.2) is 9.37 Å². The topological polar surface area (TPSA) is 129 Å². The molecular formula is C29H24FN7O2S. The Morgan fingerprint density at radius 2 is 1.85 bits per heavy atom. The van der Waals surface area contributed by atoms with Gasteiger partial charge in [0.1, 0.15) is 22.7 Å². The first-order valence-electron chi connectivity index (χ1n) is 12.5. The fourth-order valence-electron chi connectivity index (χ4n) is 4.30. The fraction of sp³-hybridized carbons (Fsp3) is 0.172. The van der Waals surface area contributed by atoms with Crippen LogP contribution in [0.4, 0.5) is 10.1 Å². The van der Waals surface area contributed by atoms with Crippen molar-refractivity contribution in [2.75, 3.05) is 5.32 Å². The summed E-state index contributed by atoms with van der Waals surface area (Å²) in [6.07, 6.45) is 4.76. The van der Waals surface area contributed by atoms with Crippen molar-refractivity contribution in [2.45, 2.75) is 27.7 Å². The van der Waals surface area contributed by atoms with Gasteiger partial charge in [0, 0.05) is 40.4 Å². The van der Waals surface area contributed by atoms with Gasteiger partial charge in [0.15, 0.2) is 11.6 Å². The summed E-state index contributed by atoms with van der Waals surface area (Å²) in [4.78, 5) is 42.6. The predicted molar refractivity (Wildman–Crippen MR) is 154 cm³/mol. The molecule has 5 aromatic heterocycles. The Morgan fingerprint density at radius 1 is 1.02 bits per heavy atom. The lowest BCUT2D eigenvalue weighted by molar-refractivity contribution is -0.123. The predicted octanol–water partition coefficient (Wildman–Crippen LogP) is 6.62. The second kappa shape index (κ2) is 9.45. The summed E-state index contributed by atoms with van der Waals surface area (Å²) in [5, 5.41) is 10.8. The number of fused-ring (bicyclic) bond motifs is 2. The number of nitrogens with one attached hydrogen (secondary N) is 3. The number of hydrogen-bond acceptors (Lipinski definition) is 7. The maximum Gasteiger partial charge on any atom is 0.229 e. The molecule has 0 saturated carbocycles. The number of carbonyl (C=O) groups is 2. The molecule has 0 bridgehead atoms. The van der Waals surface area contributed by atoms with Crippen LogP contribution in [0.3, 0.4) is 0 Å². The van der Waals surface area contributed by atoms with Crippen LogP contribution in [-0.4, -0.2) is 41.8 Å². The van der Waals surface area contributed by atoms with Crippen molar-refractivity contribution in [2.24, 2.45) is 5.41 Å². The molecule has 0 saturated heterocycles. The lowest BCUT2D eigenvalue weighted by Crippen LogP contribution is -2.27. The summed E-state index contributed by atoms with van der Waals surface area (Å²) in [6, 6.07) is 10.2. The van der Waals surface area contributed by atoms with Gasteiger partial charge < -0.3 is 10.3 Å². The number of anilines is 1. The van der Waals surface area contributed by atoms with Crippen LogP contribution in [0.15, 0.2) is 55.0 Å². The molecule has 0 unspecified atom stereocenters. The van der Waals surface area contributed by atoms with Gasteiger partial charge in [-0.15, -0.1) is 11.3 Å². The van der Waals surface area contributed by atoms with E-state index in [-0.39, 0.29) is 11.7 Å². The first-order chi connectivity index (χ1) is 19.1. The van der Waals surface area contributed by atoms with Crippen molar-refractivity contribution in [1.29, 1.82) is 0 Å². The van der Waals surface area contributed by atoms with Crippen molar-refractivity contribution in [3.8, 4) is 33.2 Å². The minimum absolute atomic E-state index is 0.00510. The van der Waals surface area contributed by atoms with Gasteiger partial charge in [0.05, 0.1) is 32.7 Å². The van der Waals surface area contributed by atoms with E-state index in [2.05, 4.69) is 30.5 Å². The van der Waals surface area contributed by atoms with Crippen molar-refractivity contribution in [3.05, 3.63) is 65.7 Å². The van der Waals surface area contributed by atoms with Gasteiger partial charge in [0.25, 0.3) is 0 Å². The number of pyridine rings is 2. The highest BCUT2D eigenvalue weighted by atomic mass is 32.1. The summed E-state index contributed by atoms with van der Waals surface area (Å²) in [6.45, 7) is 6.97. The number of halogens is 1. The molecule has 0 aliphatic carbocycles. The number of imidazole rings is 1. The maximum atomic E-state index is 15.2. The van der Waals surface area contributed by atoms with Crippen LogP contribution >= 0.6 is 11.3 Å². The van der Waals surface area contributed by atoms with Gasteiger partial charge in [-0.3, -0.25) is 24.7 Å². The van der Waals surface area contributed by atoms with Crippen LogP contribution in [-0.2, 0) is 4.79 Å². The van der Waals surface area contributed by atoms with Gasteiger partial charge in [0.2, 0.25) is 5.91 Å². The van der Waals surface area contributed by atoms with E-state index >= 15 is 4.39 Å². The summed E-state index contributed by atoms with van der Waals surface area (Å²) < 4.78 is 15.2. The second-order valence-electron chi connectivity index (χ2n) is 10.5. The number of H-pyrrole nitrogens is 2. The van der Waals surface area contributed by atoms with Gasteiger partial charge in [-0.2, -0.15) is 5.10 Å². The van der Waals surface area contributed by atoms with Crippen molar-refractivity contribution >= 4 is 50.7 Å². The van der Waals surface area contributed by atoms with E-state index in [0.29, 0.717) is 55.3 Å². The normalized spacial score (nSPS) is 11.8. The number of thiophene rings is 1. The maximum absolute atomic E-state index is 15.2. The van der Waals surface area contributed by atoms with Crippen LogP contribution < -0.4 is 5.32 Å². The molecule has 0 spiro atoms. The third-order valence-corrected chi connectivity index (χ3v) is 7.64. The molecule has 1 amide bonds. The number of benzene rings is 1. The first-order valence-corrected chi connectivity index (χ1v) is 13.3. The zero-order chi connectivity index (χ0) is 28.2. The van der Waals surface area contributed by atoms with E-state index in [0.717, 1.165) is 10.4 Å². The summed E-state index contributed by atoms with van der Waals surface area (Å²) in [5.74, 6) is -0.146. The lowest BCUT2D eigenvalue weighted by atomic mass is 9.95. The Labute approximate surface area is 231 Å². The number of nitrogens with zero attached hydrogens (tertiary/aromatic N) is 4. The fourth-order valence-corrected chi connectivity index (χ4v) is 5.19. The Kier molecular flexibility index (Phi) is 6.03. The Morgan fingerprint density at radius 3 is 2.60 bits per heavy atom. The average molecular weight is 554 g/mol. The van der Waals surface area contributed by atoms with Crippen molar-refractivity contribution in [1.82, 2.24) is 30.1 Å². The third kappa shape index (κ3) is 4.54. The van der Waals surface area contributed by atoms with Gasteiger partial charge in [-0.05, 0) is 37.3 Å².